The Bertz CT molecular complexity index is 916. The zero-order valence-corrected chi connectivity index (χ0v) is 17.8. The van der Waals surface area contributed by atoms with Gasteiger partial charge >= 0.3 is 5.97 Å². The van der Waals surface area contributed by atoms with E-state index in [4.69, 9.17) is 5.11 Å². The van der Waals surface area contributed by atoms with E-state index in [9.17, 15) is 24.0 Å². The average molecular weight is 444 g/mol. The summed E-state index contributed by atoms with van der Waals surface area (Å²) in [6.07, 6.45) is 2.91. The zero-order valence-electron chi connectivity index (χ0n) is 17.8. The minimum atomic E-state index is -0.986. The topological polar surface area (TPSA) is 145 Å². The Morgan fingerprint density at radius 1 is 1.09 bits per heavy atom. The molecule has 2 heterocycles. The van der Waals surface area contributed by atoms with Gasteiger partial charge < -0.3 is 20.6 Å². The van der Waals surface area contributed by atoms with Crippen LogP contribution in [0.25, 0.3) is 0 Å². The Morgan fingerprint density at radius 3 is 2.62 bits per heavy atom. The molecule has 2 aliphatic rings. The number of carbonyl (C=O) groups excluding carboxylic acids is 4. The smallest absolute Gasteiger partial charge is 0.303 e. The summed E-state index contributed by atoms with van der Waals surface area (Å²) in [7, 11) is 0. The molecule has 2 aliphatic heterocycles. The molecule has 1 aromatic rings. The maximum Gasteiger partial charge on any atom is 0.303 e. The zero-order chi connectivity index (χ0) is 23.1. The molecule has 172 valence electrons. The maximum atomic E-state index is 12.8. The van der Waals surface area contributed by atoms with Crippen LogP contribution < -0.4 is 16.0 Å². The molecule has 4 N–H and O–H groups in total. The molecular weight excluding hydrogens is 416 g/mol. The lowest BCUT2D eigenvalue weighted by Gasteiger charge is -2.29. The van der Waals surface area contributed by atoms with Crippen molar-refractivity contribution in [1.82, 2.24) is 15.5 Å². The molecule has 0 saturated carbocycles. The number of hydrogen-bond donors (Lipinski definition) is 4. The number of nitrogens with one attached hydrogen (secondary N) is 3. The Kier molecular flexibility index (Phi) is 7.80. The van der Waals surface area contributed by atoms with Crippen molar-refractivity contribution in [3.63, 3.8) is 0 Å². The van der Waals surface area contributed by atoms with E-state index in [1.54, 1.807) is 12.1 Å². The van der Waals surface area contributed by atoms with Crippen molar-refractivity contribution in [3.8, 4) is 0 Å². The lowest BCUT2D eigenvalue weighted by atomic mass is 10.0. The van der Waals surface area contributed by atoms with Crippen LogP contribution in [0.5, 0.6) is 0 Å². The molecule has 1 aromatic carbocycles. The van der Waals surface area contributed by atoms with Crippen LogP contribution in [0.1, 0.15) is 60.9 Å². The Morgan fingerprint density at radius 2 is 1.88 bits per heavy atom. The summed E-state index contributed by atoms with van der Waals surface area (Å²) in [6, 6.07) is 4.83. The molecule has 0 bridgehead atoms. The number of piperidine rings is 1. The highest BCUT2D eigenvalue weighted by molar-refractivity contribution is 6.06. The highest BCUT2D eigenvalue weighted by Crippen LogP contribution is 2.32. The number of amides is 4. The van der Waals surface area contributed by atoms with Crippen molar-refractivity contribution >= 4 is 35.3 Å². The molecule has 1 saturated heterocycles. The Hall–Kier alpha value is -3.43. The third-order valence-electron chi connectivity index (χ3n) is 5.64. The molecule has 10 heteroatoms. The SMILES string of the molecule is O=C(O)CCC(=O)NCCCCCNc1cccc2c1CN(C1CCC(=O)NC1=O)C2=O. The predicted octanol–water partition coefficient (Wildman–Crippen LogP) is 1.01. The summed E-state index contributed by atoms with van der Waals surface area (Å²) >= 11 is 0. The van der Waals surface area contributed by atoms with E-state index < -0.39 is 17.9 Å². The number of carbonyl (C=O) groups is 5. The third-order valence-corrected chi connectivity index (χ3v) is 5.64. The van der Waals surface area contributed by atoms with Crippen molar-refractivity contribution in [2.45, 2.75) is 57.5 Å². The van der Waals surface area contributed by atoms with Crippen molar-refractivity contribution in [1.29, 1.82) is 0 Å². The van der Waals surface area contributed by atoms with Gasteiger partial charge in [0.15, 0.2) is 0 Å². The van der Waals surface area contributed by atoms with E-state index in [0.29, 0.717) is 31.6 Å². The van der Waals surface area contributed by atoms with Crippen LogP contribution in [0.2, 0.25) is 0 Å². The number of fused-ring (bicyclic) bond motifs is 1. The van der Waals surface area contributed by atoms with Crippen LogP contribution in [0.4, 0.5) is 5.69 Å². The van der Waals surface area contributed by atoms with E-state index in [0.717, 1.165) is 30.5 Å². The van der Waals surface area contributed by atoms with E-state index in [1.165, 1.54) is 4.90 Å². The quantitative estimate of drug-likeness (QED) is 0.294. The van der Waals surface area contributed by atoms with Gasteiger partial charge in [0, 0.05) is 49.3 Å². The molecule has 0 spiro atoms. The predicted molar refractivity (Wildman–Crippen MR) is 115 cm³/mol. The first-order valence-corrected chi connectivity index (χ1v) is 10.9. The molecular formula is C22H28N4O6. The highest BCUT2D eigenvalue weighted by atomic mass is 16.4. The molecule has 4 amide bonds. The van der Waals surface area contributed by atoms with Crippen molar-refractivity contribution in [3.05, 3.63) is 29.3 Å². The monoisotopic (exact) mass is 444 g/mol. The third kappa shape index (κ3) is 5.83. The van der Waals surface area contributed by atoms with E-state index in [-0.39, 0.29) is 37.0 Å². The van der Waals surface area contributed by atoms with Gasteiger partial charge in [-0.1, -0.05) is 6.07 Å². The fourth-order valence-corrected chi connectivity index (χ4v) is 3.94. The lowest BCUT2D eigenvalue weighted by Crippen LogP contribution is -2.52. The summed E-state index contributed by atoms with van der Waals surface area (Å²) in [5.41, 5.74) is 2.28. The van der Waals surface area contributed by atoms with Gasteiger partial charge in [0.05, 0.1) is 6.42 Å². The molecule has 1 atom stereocenters. The molecule has 1 unspecified atom stereocenters. The first-order chi connectivity index (χ1) is 15.4. The number of rotatable bonds is 11. The van der Waals surface area contributed by atoms with E-state index >= 15 is 0 Å². The standard InChI is InChI=1S/C22H28N4O6/c27-18(9-10-20(29)30)24-12-3-1-2-11-23-16-6-4-5-14-15(16)13-26(22(14)32)17-7-8-19(28)25-21(17)31/h4-6,17,23H,1-3,7-13H2,(H,24,27)(H,29,30)(H,25,28,31). The molecule has 1 fully saturated rings. The van der Waals surface area contributed by atoms with Gasteiger partial charge in [0.1, 0.15) is 6.04 Å². The number of carboxylic acid groups (broad SMARTS) is 1. The normalized spacial score (nSPS) is 17.7. The summed E-state index contributed by atoms with van der Waals surface area (Å²) in [5, 5.41) is 16.9. The molecule has 10 nitrogen and oxygen atoms in total. The lowest BCUT2D eigenvalue weighted by molar-refractivity contribution is -0.139. The number of hydrogen-bond acceptors (Lipinski definition) is 6. The largest absolute Gasteiger partial charge is 0.481 e. The van der Waals surface area contributed by atoms with Crippen molar-refractivity contribution in [2.75, 3.05) is 18.4 Å². The molecule has 0 aromatic heterocycles. The second-order valence-electron chi connectivity index (χ2n) is 7.96. The number of imide groups is 1. The molecule has 0 aliphatic carbocycles. The van der Waals surface area contributed by atoms with Crippen LogP contribution >= 0.6 is 0 Å². The van der Waals surface area contributed by atoms with Gasteiger partial charge in [0.25, 0.3) is 5.91 Å². The number of anilines is 1. The van der Waals surface area contributed by atoms with Crippen molar-refractivity contribution < 1.29 is 29.1 Å². The number of nitrogens with zero attached hydrogens (tertiary/aromatic N) is 1. The Labute approximate surface area is 185 Å². The Balaban J connectivity index is 1.43. The first kappa shape index (κ1) is 23.2. The summed E-state index contributed by atoms with van der Waals surface area (Å²) < 4.78 is 0. The number of carboxylic acids is 1. The second kappa shape index (κ2) is 10.7. The van der Waals surface area contributed by atoms with Gasteiger partial charge in [0.2, 0.25) is 17.7 Å². The van der Waals surface area contributed by atoms with Gasteiger partial charge in [-0.3, -0.25) is 29.3 Å². The summed E-state index contributed by atoms with van der Waals surface area (Å²) in [4.78, 5) is 59.9. The number of aliphatic carboxylic acids is 1. The number of unbranched alkanes of at least 4 members (excludes halogenated alkanes) is 2. The maximum absolute atomic E-state index is 12.8. The summed E-state index contributed by atoms with van der Waals surface area (Å²) in [5.74, 6) is -2.17. The van der Waals surface area contributed by atoms with Gasteiger partial charge in [-0.25, -0.2) is 0 Å². The summed E-state index contributed by atoms with van der Waals surface area (Å²) in [6.45, 7) is 1.52. The van der Waals surface area contributed by atoms with Crippen LogP contribution in [0, 0.1) is 0 Å². The fourth-order valence-electron chi connectivity index (χ4n) is 3.94. The van der Waals surface area contributed by atoms with Gasteiger partial charge in [-0.05, 0) is 37.8 Å². The van der Waals surface area contributed by atoms with Crippen LogP contribution in [-0.2, 0) is 25.7 Å². The first-order valence-electron chi connectivity index (χ1n) is 10.9. The molecule has 32 heavy (non-hydrogen) atoms. The van der Waals surface area contributed by atoms with Crippen LogP contribution in [0.15, 0.2) is 18.2 Å². The minimum Gasteiger partial charge on any atom is -0.481 e. The number of benzene rings is 1. The van der Waals surface area contributed by atoms with E-state index in [2.05, 4.69) is 16.0 Å². The fraction of sp³-hybridized carbons (Fsp3) is 0.500. The van der Waals surface area contributed by atoms with Crippen LogP contribution in [0.3, 0.4) is 0 Å². The van der Waals surface area contributed by atoms with Gasteiger partial charge in [-0.15, -0.1) is 0 Å². The molecule has 0 radical (unpaired) electrons. The molecule has 3 rings (SSSR count). The van der Waals surface area contributed by atoms with Gasteiger partial charge in [-0.2, -0.15) is 0 Å². The second-order valence-corrected chi connectivity index (χ2v) is 7.96. The highest BCUT2D eigenvalue weighted by Gasteiger charge is 2.39. The van der Waals surface area contributed by atoms with Crippen LogP contribution in [-0.4, -0.2) is 58.7 Å². The van der Waals surface area contributed by atoms with Crippen molar-refractivity contribution in [2.24, 2.45) is 0 Å². The minimum absolute atomic E-state index is 0.00936. The average Bonchev–Trinajstić information content (AvgIpc) is 3.08. The van der Waals surface area contributed by atoms with E-state index in [1.807, 2.05) is 6.07 Å².